The molecule has 1 aliphatic heterocycles. The molecule has 0 aromatic heterocycles. The van der Waals surface area contributed by atoms with Gasteiger partial charge in [0, 0.05) is 13.5 Å². The monoisotopic (exact) mass is 395 g/mol. The molecule has 11 nitrogen and oxygen atoms in total. The van der Waals surface area contributed by atoms with Crippen molar-refractivity contribution in [3.05, 3.63) is 0 Å². The van der Waals surface area contributed by atoms with Gasteiger partial charge in [0.2, 0.25) is 5.91 Å². The van der Waals surface area contributed by atoms with E-state index in [4.69, 9.17) is 24.1 Å². The first kappa shape index (κ1) is 23.7. The summed E-state index contributed by atoms with van der Waals surface area (Å²) in [6.45, 7) is 1.62. The Hall–Kier alpha value is -1.34. The molecule has 27 heavy (non-hydrogen) atoms. The van der Waals surface area contributed by atoms with Gasteiger partial charge in [0.05, 0.1) is 26.4 Å². The number of hydrogen-bond donors (Lipinski definition) is 4. The van der Waals surface area contributed by atoms with E-state index in [-0.39, 0.29) is 19.6 Å². The Morgan fingerprint density at radius 3 is 2.33 bits per heavy atom. The fourth-order valence-corrected chi connectivity index (χ4v) is 2.59. The third kappa shape index (κ3) is 6.64. The fraction of sp³-hybridized carbons (Fsp3) is 0.875. The van der Waals surface area contributed by atoms with E-state index in [1.54, 1.807) is 6.92 Å². The Morgan fingerprint density at radius 1 is 1.07 bits per heavy atom. The minimum Gasteiger partial charge on any atom is -0.447 e. The first-order chi connectivity index (χ1) is 12.9. The van der Waals surface area contributed by atoms with Gasteiger partial charge in [0.15, 0.2) is 6.29 Å². The predicted molar refractivity (Wildman–Crippen MR) is 89.6 cm³/mol. The molecule has 1 unspecified atom stereocenters. The Morgan fingerprint density at radius 2 is 1.74 bits per heavy atom. The molecule has 5 atom stereocenters. The van der Waals surface area contributed by atoms with E-state index in [2.05, 4.69) is 0 Å². The number of aliphatic hydroxyl groups excluding tert-OH is 4. The quantitative estimate of drug-likeness (QED) is 0.312. The Labute approximate surface area is 157 Å². The maximum Gasteiger partial charge on any atom is 0.417 e. The molecule has 0 aliphatic carbocycles. The number of imide groups is 1. The summed E-state index contributed by atoms with van der Waals surface area (Å²) >= 11 is 0. The lowest BCUT2D eigenvalue weighted by Gasteiger charge is -2.43. The summed E-state index contributed by atoms with van der Waals surface area (Å²) in [6.07, 6.45) is -7.13. The van der Waals surface area contributed by atoms with Gasteiger partial charge in [0.1, 0.15) is 31.0 Å². The molecule has 1 saturated heterocycles. The van der Waals surface area contributed by atoms with Crippen molar-refractivity contribution in [2.75, 3.05) is 40.1 Å². The van der Waals surface area contributed by atoms with Crippen LogP contribution in [0, 0.1) is 0 Å². The lowest BCUT2D eigenvalue weighted by atomic mass is 9.95. The highest BCUT2D eigenvalue weighted by Gasteiger charge is 2.49. The minimum absolute atomic E-state index is 0.0467. The molecule has 2 amide bonds. The summed E-state index contributed by atoms with van der Waals surface area (Å²) in [5.41, 5.74) is 0. The van der Waals surface area contributed by atoms with Gasteiger partial charge in [-0.3, -0.25) is 4.79 Å². The van der Waals surface area contributed by atoms with E-state index in [0.717, 1.165) is 0 Å². The zero-order valence-corrected chi connectivity index (χ0v) is 15.5. The summed E-state index contributed by atoms with van der Waals surface area (Å²) in [7, 11) is 1.51. The largest absolute Gasteiger partial charge is 0.447 e. The normalized spacial score (nSPS) is 28.0. The average Bonchev–Trinajstić information content (AvgIpc) is 2.64. The molecule has 1 aliphatic rings. The molecule has 11 heteroatoms. The van der Waals surface area contributed by atoms with E-state index in [9.17, 15) is 24.9 Å². The average molecular weight is 395 g/mol. The van der Waals surface area contributed by atoms with Crippen molar-refractivity contribution < 1.29 is 49.0 Å². The summed E-state index contributed by atoms with van der Waals surface area (Å²) < 4.78 is 19.9. The van der Waals surface area contributed by atoms with E-state index in [1.807, 2.05) is 0 Å². The standard InChI is InChI=1S/C16H29NO10/c1-3-4-11(19)17(16(23)26-8-7-25-6-5-24-2)12-14(21)13(20)10(9-18)27-15(12)22/h10,12-15,18,20-22H,3-9H2,1-2H3/t10-,12-,13-,14-,15?/m1/s1. The topological polar surface area (TPSA) is 155 Å². The van der Waals surface area contributed by atoms with Gasteiger partial charge in [-0.25, -0.2) is 9.69 Å². The molecule has 0 aromatic rings. The van der Waals surface area contributed by atoms with Gasteiger partial charge >= 0.3 is 6.09 Å². The lowest BCUT2D eigenvalue weighted by Crippen LogP contribution is -2.66. The molecule has 0 bridgehead atoms. The molecule has 0 radical (unpaired) electrons. The zero-order valence-electron chi connectivity index (χ0n) is 15.5. The van der Waals surface area contributed by atoms with Crippen LogP contribution >= 0.6 is 0 Å². The van der Waals surface area contributed by atoms with Crippen LogP contribution in [0.1, 0.15) is 19.8 Å². The van der Waals surface area contributed by atoms with Crippen LogP contribution in [0.25, 0.3) is 0 Å². The first-order valence-corrected chi connectivity index (χ1v) is 8.75. The van der Waals surface area contributed by atoms with Crippen molar-refractivity contribution in [1.82, 2.24) is 4.90 Å². The number of carbonyl (C=O) groups excluding carboxylic acids is 2. The predicted octanol–water partition coefficient (Wildman–Crippen LogP) is -1.79. The summed E-state index contributed by atoms with van der Waals surface area (Å²) in [4.78, 5) is 25.3. The van der Waals surface area contributed by atoms with E-state index in [1.165, 1.54) is 7.11 Å². The van der Waals surface area contributed by atoms with Crippen LogP contribution in [0.3, 0.4) is 0 Å². The minimum atomic E-state index is -1.80. The van der Waals surface area contributed by atoms with Crippen LogP contribution < -0.4 is 0 Å². The highest BCUT2D eigenvalue weighted by molar-refractivity contribution is 5.92. The van der Waals surface area contributed by atoms with Gasteiger partial charge in [-0.15, -0.1) is 0 Å². The van der Waals surface area contributed by atoms with Crippen molar-refractivity contribution >= 4 is 12.0 Å². The Kier molecular flexibility index (Phi) is 10.7. The maximum absolute atomic E-state index is 12.4. The summed E-state index contributed by atoms with van der Waals surface area (Å²) in [6, 6.07) is -1.58. The van der Waals surface area contributed by atoms with E-state index >= 15 is 0 Å². The Bertz CT molecular complexity index is 462. The van der Waals surface area contributed by atoms with Crippen LogP contribution in [0.15, 0.2) is 0 Å². The summed E-state index contributed by atoms with van der Waals surface area (Å²) in [5, 5.41) is 39.5. The lowest BCUT2D eigenvalue weighted by molar-refractivity contribution is -0.267. The molecule has 158 valence electrons. The second-order valence-corrected chi connectivity index (χ2v) is 5.95. The number of aliphatic hydroxyl groups is 4. The van der Waals surface area contributed by atoms with Crippen LogP contribution in [0.5, 0.6) is 0 Å². The highest BCUT2D eigenvalue weighted by atomic mass is 16.6. The molecule has 0 saturated carbocycles. The van der Waals surface area contributed by atoms with Crippen LogP contribution in [0.4, 0.5) is 4.79 Å². The fourth-order valence-electron chi connectivity index (χ4n) is 2.59. The molecule has 1 heterocycles. The molecular formula is C16H29NO10. The van der Waals surface area contributed by atoms with Crippen LogP contribution in [-0.2, 0) is 23.7 Å². The second kappa shape index (κ2) is 12.2. The number of nitrogens with zero attached hydrogens (tertiary/aromatic N) is 1. The van der Waals surface area contributed by atoms with Gasteiger partial charge in [0.25, 0.3) is 0 Å². The third-order valence-corrected chi connectivity index (χ3v) is 3.98. The SMILES string of the molecule is CCCC(=O)N(C(=O)OCCOCCOC)[C@H]1C(O)O[C@H](CO)[C@@H](O)[C@@H]1O. The second-order valence-electron chi connectivity index (χ2n) is 5.95. The highest BCUT2D eigenvalue weighted by Crippen LogP contribution is 2.25. The molecule has 1 fully saturated rings. The molecule has 4 N–H and O–H groups in total. The molecule has 0 aromatic carbocycles. The number of amides is 2. The molecule has 0 spiro atoms. The van der Waals surface area contributed by atoms with Gasteiger partial charge in [-0.2, -0.15) is 0 Å². The number of methoxy groups -OCH3 is 1. The van der Waals surface area contributed by atoms with Crippen molar-refractivity contribution in [1.29, 1.82) is 0 Å². The van der Waals surface area contributed by atoms with Gasteiger partial charge < -0.3 is 39.4 Å². The van der Waals surface area contributed by atoms with E-state index in [0.29, 0.717) is 24.5 Å². The smallest absolute Gasteiger partial charge is 0.417 e. The van der Waals surface area contributed by atoms with Crippen LogP contribution in [0.2, 0.25) is 0 Å². The van der Waals surface area contributed by atoms with Crippen molar-refractivity contribution in [2.24, 2.45) is 0 Å². The van der Waals surface area contributed by atoms with Crippen molar-refractivity contribution in [3.63, 3.8) is 0 Å². The Balaban J connectivity index is 2.81. The van der Waals surface area contributed by atoms with Crippen molar-refractivity contribution in [3.8, 4) is 0 Å². The number of hydrogen-bond acceptors (Lipinski definition) is 10. The van der Waals surface area contributed by atoms with Gasteiger partial charge in [-0.1, -0.05) is 6.92 Å². The van der Waals surface area contributed by atoms with Crippen molar-refractivity contribution in [2.45, 2.75) is 50.4 Å². The van der Waals surface area contributed by atoms with Gasteiger partial charge in [-0.05, 0) is 6.42 Å². The number of carbonyl (C=O) groups is 2. The van der Waals surface area contributed by atoms with E-state index < -0.39 is 49.3 Å². The number of rotatable bonds is 10. The molecule has 1 rings (SSSR count). The van der Waals surface area contributed by atoms with Crippen LogP contribution in [-0.4, -0.2) is 108 Å². The third-order valence-electron chi connectivity index (χ3n) is 3.98. The maximum atomic E-state index is 12.4. The first-order valence-electron chi connectivity index (χ1n) is 8.75. The number of ether oxygens (including phenoxy) is 4. The zero-order chi connectivity index (χ0) is 20.4. The summed E-state index contributed by atoms with van der Waals surface area (Å²) in [5.74, 6) is -0.704. The molecular weight excluding hydrogens is 366 g/mol.